The number of carboxylic acids is 1. The minimum Gasteiger partial charge on any atom is -0.478 e. The molecule has 0 aliphatic carbocycles. The van der Waals surface area contributed by atoms with E-state index in [1.807, 2.05) is 19.1 Å². The zero-order valence-corrected chi connectivity index (χ0v) is 26.1. The third kappa shape index (κ3) is 7.00. The number of aromatic nitrogens is 4. The van der Waals surface area contributed by atoms with Gasteiger partial charge in [-0.3, -0.25) is 4.72 Å². The van der Waals surface area contributed by atoms with Gasteiger partial charge >= 0.3 is 17.2 Å². The molecule has 5 rings (SSSR count). The number of anilines is 2. The average Bonchev–Trinajstić information content (AvgIpc) is 3.51. The van der Waals surface area contributed by atoms with Crippen molar-refractivity contribution in [2.45, 2.75) is 53.4 Å². The number of hydrogen-bond donors (Lipinski definition) is 3. The van der Waals surface area contributed by atoms with Crippen molar-refractivity contribution in [1.82, 2.24) is 19.9 Å². The van der Waals surface area contributed by atoms with Gasteiger partial charge in [0.1, 0.15) is 17.3 Å². The van der Waals surface area contributed by atoms with Gasteiger partial charge in [0.05, 0.1) is 29.3 Å². The van der Waals surface area contributed by atoms with Crippen molar-refractivity contribution < 1.29 is 18.3 Å². The van der Waals surface area contributed by atoms with Crippen LogP contribution in [0.1, 0.15) is 68.3 Å². The van der Waals surface area contributed by atoms with Crippen LogP contribution in [0.3, 0.4) is 0 Å². The Morgan fingerprint density at radius 1 is 1.11 bits per heavy atom. The van der Waals surface area contributed by atoms with Crippen LogP contribution in [0.25, 0.3) is 11.4 Å². The van der Waals surface area contributed by atoms with Crippen molar-refractivity contribution in [3.8, 4) is 17.1 Å². The minimum absolute atomic E-state index is 0.0515. The molecule has 44 heavy (non-hydrogen) atoms. The van der Waals surface area contributed by atoms with E-state index in [1.165, 1.54) is 29.3 Å². The molecule has 1 aliphatic heterocycles. The first-order valence-electron chi connectivity index (χ1n) is 13.9. The fourth-order valence-electron chi connectivity index (χ4n) is 5.19. The zero-order valence-electron chi connectivity index (χ0n) is 25.3. The van der Waals surface area contributed by atoms with Gasteiger partial charge in [0, 0.05) is 5.56 Å². The molecule has 1 atom stereocenters. The largest absolute Gasteiger partial charge is 0.478 e. The van der Waals surface area contributed by atoms with E-state index in [1.54, 1.807) is 18.2 Å². The molecule has 1 unspecified atom stereocenters. The van der Waals surface area contributed by atoms with Crippen LogP contribution in [0.4, 0.5) is 17.2 Å². The number of hydrogen-bond acceptors (Lipinski definition) is 9. The lowest BCUT2D eigenvalue weighted by atomic mass is 9.72. The molecule has 0 amide bonds. The number of aryl methyl sites for hydroxylation is 1. The van der Waals surface area contributed by atoms with Crippen LogP contribution in [0.5, 0.6) is 5.75 Å². The molecular weight excluding hydrogens is 580 g/mol. The van der Waals surface area contributed by atoms with Gasteiger partial charge in [0.15, 0.2) is 5.82 Å². The smallest absolute Gasteiger partial charge is 0.335 e. The van der Waals surface area contributed by atoms with Crippen LogP contribution in [0, 0.1) is 12.3 Å². The van der Waals surface area contributed by atoms with Gasteiger partial charge in [-0.05, 0) is 71.7 Å². The summed E-state index contributed by atoms with van der Waals surface area (Å²) in [4.78, 5) is 26.3. The Labute approximate surface area is 257 Å². The Kier molecular flexibility index (Phi) is 8.08. The number of nitrogen functional groups attached to an aromatic ring is 1. The molecule has 12 nitrogen and oxygen atoms in total. The number of aromatic carboxylic acids is 1. The van der Waals surface area contributed by atoms with Gasteiger partial charge in [0.2, 0.25) is 5.82 Å². The fraction of sp³-hybridized carbons (Fsp3) is 0.290. The van der Waals surface area contributed by atoms with Crippen LogP contribution >= 0.6 is 0 Å². The summed E-state index contributed by atoms with van der Waals surface area (Å²) >= 11 is -2.04. The maximum absolute atomic E-state index is 13.2. The number of carboxylic acid groups (broad SMARTS) is 1. The molecule has 0 bridgehead atoms. The molecule has 4 N–H and O–H groups in total. The number of nitrogens with two attached hydrogens (primary N) is 1. The van der Waals surface area contributed by atoms with E-state index in [4.69, 9.17) is 9.92 Å². The number of benzene rings is 2. The number of fused-ring (bicyclic) bond motifs is 1. The lowest BCUT2D eigenvalue weighted by Gasteiger charge is -2.33. The van der Waals surface area contributed by atoms with Crippen LogP contribution < -0.4 is 14.6 Å². The van der Waals surface area contributed by atoms with Crippen LogP contribution in [-0.2, 0) is 16.7 Å². The van der Waals surface area contributed by atoms with Crippen LogP contribution in [0.2, 0.25) is 0 Å². The molecule has 0 radical (unpaired) electrons. The first kappa shape index (κ1) is 30.5. The molecule has 0 spiro atoms. The summed E-state index contributed by atoms with van der Waals surface area (Å²) in [6, 6.07) is 13.7. The molecule has 2 aromatic carbocycles. The number of nitrogens with one attached hydrogen (secondary N) is 1. The summed E-state index contributed by atoms with van der Waals surface area (Å²) in [6.45, 7) is 12.8. The number of carbonyl (C=O) groups is 1. The average molecular weight is 615 g/mol. The van der Waals surface area contributed by atoms with Gasteiger partial charge in [-0.1, -0.05) is 46.8 Å². The first-order chi connectivity index (χ1) is 20.7. The third-order valence-electron chi connectivity index (χ3n) is 6.88. The topological polar surface area (TPSA) is 170 Å². The lowest BCUT2D eigenvalue weighted by molar-refractivity contribution is 0.0697. The highest BCUT2D eigenvalue weighted by Crippen LogP contribution is 2.38. The fourth-order valence-corrected chi connectivity index (χ4v) is 5.89. The summed E-state index contributed by atoms with van der Waals surface area (Å²) in [6.07, 6.45) is 3.98. The van der Waals surface area contributed by atoms with Crippen molar-refractivity contribution in [2.24, 2.45) is 15.5 Å². The number of rotatable bonds is 9. The Balaban J connectivity index is 1.39. The summed E-state index contributed by atoms with van der Waals surface area (Å²) < 4.78 is 21.7. The van der Waals surface area contributed by atoms with Gasteiger partial charge in [-0.15, -0.1) is 9.89 Å². The van der Waals surface area contributed by atoms with Gasteiger partial charge in [-0.2, -0.15) is 9.31 Å². The van der Waals surface area contributed by atoms with Gasteiger partial charge < -0.3 is 15.0 Å². The van der Waals surface area contributed by atoms with E-state index in [2.05, 4.69) is 70.6 Å². The highest BCUT2D eigenvalue weighted by Gasteiger charge is 2.28. The van der Waals surface area contributed by atoms with Gasteiger partial charge in [0.25, 0.3) is 0 Å². The van der Waals surface area contributed by atoms with Crippen LogP contribution in [-0.4, -0.2) is 47.1 Å². The Morgan fingerprint density at radius 3 is 2.57 bits per heavy atom. The monoisotopic (exact) mass is 614 g/mol. The highest BCUT2D eigenvalue weighted by molar-refractivity contribution is 7.82. The molecule has 3 heterocycles. The Hall–Kier alpha value is -4.91. The zero-order chi connectivity index (χ0) is 31.8. The van der Waals surface area contributed by atoms with E-state index < -0.39 is 17.2 Å². The van der Waals surface area contributed by atoms with Gasteiger partial charge in [-0.25, -0.2) is 19.8 Å². The summed E-state index contributed by atoms with van der Waals surface area (Å²) in [5.41, 5.74) is 9.09. The molecule has 2 aromatic heterocycles. The van der Waals surface area contributed by atoms with Crippen LogP contribution in [0.15, 0.2) is 64.8 Å². The standard InChI is InChI=1S/C31H34N8O4S/c1-18-7-8-21(31(5,6)17-30(2,3)4)14-25(18)43-44(42)38-23-12-19(11-20(13-23)29(40)41)27-36-28-24(16-34-39(28)37-27)35-22-9-10-26(32)33-15-22/h7-16,38H,17H2,1-6H3,(H2,32,33)(H,40,41). The molecule has 0 saturated heterocycles. The second-order valence-electron chi connectivity index (χ2n) is 12.5. The molecular formula is C31H34N8O4S. The molecule has 228 valence electrons. The van der Waals surface area contributed by atoms with E-state index in [0.29, 0.717) is 34.4 Å². The second-order valence-corrected chi connectivity index (χ2v) is 13.3. The molecule has 1 aliphatic rings. The predicted molar refractivity (Wildman–Crippen MR) is 172 cm³/mol. The number of nitrogens with zero attached hydrogens (tertiary/aromatic N) is 6. The predicted octanol–water partition coefficient (Wildman–Crippen LogP) is 5.68. The quantitative estimate of drug-likeness (QED) is 0.216. The normalized spacial score (nSPS) is 14.5. The summed E-state index contributed by atoms with van der Waals surface area (Å²) in [7, 11) is 0. The maximum Gasteiger partial charge on any atom is 0.335 e. The lowest BCUT2D eigenvalue weighted by Crippen LogP contribution is -2.25. The van der Waals surface area contributed by atoms with E-state index >= 15 is 0 Å². The number of aliphatic imine (C=N–C) groups is 1. The van der Waals surface area contributed by atoms with Crippen molar-refractivity contribution in [2.75, 3.05) is 10.5 Å². The number of pyridine rings is 1. The van der Waals surface area contributed by atoms with E-state index in [9.17, 15) is 14.1 Å². The molecule has 0 saturated carbocycles. The Morgan fingerprint density at radius 2 is 1.89 bits per heavy atom. The van der Waals surface area contributed by atoms with Crippen molar-refractivity contribution in [3.05, 3.63) is 77.2 Å². The Bertz CT molecular complexity index is 1820. The van der Waals surface area contributed by atoms with E-state index in [0.717, 1.165) is 17.5 Å². The second kappa shape index (κ2) is 11.6. The minimum atomic E-state index is -2.04. The maximum atomic E-state index is 13.2. The molecule has 13 heteroatoms. The third-order valence-corrected chi connectivity index (χ3v) is 7.61. The first-order valence-corrected chi connectivity index (χ1v) is 14.9. The molecule has 0 fully saturated rings. The van der Waals surface area contributed by atoms with E-state index in [-0.39, 0.29) is 27.9 Å². The molecule has 4 aromatic rings. The highest BCUT2D eigenvalue weighted by atomic mass is 32.2. The summed E-state index contributed by atoms with van der Waals surface area (Å²) in [5.74, 6) is 0.246. The van der Waals surface area contributed by atoms with Crippen molar-refractivity contribution >= 4 is 46.4 Å². The van der Waals surface area contributed by atoms with Crippen molar-refractivity contribution in [1.29, 1.82) is 0 Å². The summed E-state index contributed by atoms with van der Waals surface area (Å²) in [5, 5.41) is 18.4. The van der Waals surface area contributed by atoms with Crippen molar-refractivity contribution in [3.63, 3.8) is 0 Å². The SMILES string of the molecule is Cc1ccc(C(C)(C)CC(C)(C)C)cc1OS(=O)Nc1cc(C(=O)O)cc(-c2nc3n(n2)N=CC3=Nc2ccc(N)nc2)c1.